The molecule has 2 N–H and O–H groups in total. The first-order valence-electron chi connectivity index (χ1n) is 10.8. The maximum Gasteiger partial charge on any atom is 0.416 e. The van der Waals surface area contributed by atoms with E-state index >= 15 is 0 Å². The molecule has 1 fully saturated rings. The highest BCUT2D eigenvalue weighted by molar-refractivity contribution is 5.96. The Morgan fingerprint density at radius 2 is 1.70 bits per heavy atom. The van der Waals surface area contributed by atoms with Gasteiger partial charge in [-0.2, -0.15) is 13.2 Å². The van der Waals surface area contributed by atoms with Crippen LogP contribution in [0.4, 0.5) is 30.4 Å². The first-order valence-corrected chi connectivity index (χ1v) is 10.8. The number of halogens is 3. The number of carbonyl (C=O) groups is 2. The van der Waals surface area contributed by atoms with Crippen LogP contribution in [0.1, 0.15) is 30.5 Å². The Balaban J connectivity index is 1.64. The summed E-state index contributed by atoms with van der Waals surface area (Å²) < 4.78 is 39.8. The lowest BCUT2D eigenvalue weighted by Crippen LogP contribution is -2.36. The standard InChI is InChI=1S/C23H28F3N5O2/c1-16-7-6-8-20(27-16)29-22(33)15-30(2)14-21(32)28-18-13-17(23(24,25)26)9-10-19(18)31-11-4-3-5-12-31/h6-10,13H,3-5,11-12,14-15H2,1-2H3,(H,28,32)(H,27,29,33). The van der Waals surface area contributed by atoms with Crippen LogP contribution in [0.2, 0.25) is 0 Å². The van der Waals surface area contributed by atoms with Crippen LogP contribution in [-0.4, -0.2) is 54.9 Å². The number of hydrogen-bond donors (Lipinski definition) is 2. The minimum absolute atomic E-state index is 0.0788. The second-order valence-corrected chi connectivity index (χ2v) is 8.21. The molecule has 0 aliphatic carbocycles. The van der Waals surface area contributed by atoms with Gasteiger partial charge in [0.2, 0.25) is 11.8 Å². The van der Waals surface area contributed by atoms with Crippen molar-refractivity contribution < 1.29 is 22.8 Å². The molecule has 2 heterocycles. The van der Waals surface area contributed by atoms with Crippen LogP contribution in [0.3, 0.4) is 0 Å². The van der Waals surface area contributed by atoms with E-state index in [2.05, 4.69) is 15.6 Å². The van der Waals surface area contributed by atoms with Crippen molar-refractivity contribution in [2.75, 3.05) is 48.8 Å². The van der Waals surface area contributed by atoms with Gasteiger partial charge < -0.3 is 15.5 Å². The summed E-state index contributed by atoms with van der Waals surface area (Å²) in [6, 6.07) is 8.65. The summed E-state index contributed by atoms with van der Waals surface area (Å²) in [4.78, 5) is 32.5. The molecule has 1 aromatic carbocycles. The molecule has 0 atom stereocenters. The van der Waals surface area contributed by atoms with Crippen LogP contribution in [0.5, 0.6) is 0 Å². The molecule has 0 spiro atoms. The van der Waals surface area contributed by atoms with E-state index in [0.29, 0.717) is 11.5 Å². The van der Waals surface area contributed by atoms with Gasteiger partial charge in [0, 0.05) is 18.8 Å². The van der Waals surface area contributed by atoms with Gasteiger partial charge in [-0.3, -0.25) is 14.5 Å². The van der Waals surface area contributed by atoms with E-state index in [9.17, 15) is 22.8 Å². The zero-order chi connectivity index (χ0) is 24.0. The van der Waals surface area contributed by atoms with Gasteiger partial charge in [0.15, 0.2) is 0 Å². The zero-order valence-corrected chi connectivity index (χ0v) is 18.7. The smallest absolute Gasteiger partial charge is 0.370 e. The van der Waals surface area contributed by atoms with Crippen LogP contribution in [0, 0.1) is 6.92 Å². The van der Waals surface area contributed by atoms with Crippen molar-refractivity contribution in [2.24, 2.45) is 0 Å². The number of amides is 2. The first-order chi connectivity index (χ1) is 15.6. The molecule has 1 aliphatic heterocycles. The molecule has 1 saturated heterocycles. The van der Waals surface area contributed by atoms with Crippen LogP contribution < -0.4 is 15.5 Å². The normalized spacial score (nSPS) is 14.3. The largest absolute Gasteiger partial charge is 0.416 e. The molecule has 2 amide bonds. The lowest BCUT2D eigenvalue weighted by molar-refractivity contribution is -0.137. The van der Waals surface area contributed by atoms with Crippen molar-refractivity contribution in [3.63, 3.8) is 0 Å². The maximum absolute atomic E-state index is 13.3. The van der Waals surface area contributed by atoms with Crippen molar-refractivity contribution in [3.8, 4) is 0 Å². The molecule has 0 radical (unpaired) electrons. The summed E-state index contributed by atoms with van der Waals surface area (Å²) in [7, 11) is 1.58. The second kappa shape index (κ2) is 10.7. The molecule has 10 heteroatoms. The van der Waals surface area contributed by atoms with Crippen molar-refractivity contribution >= 4 is 29.0 Å². The molecule has 3 rings (SSSR count). The number of alkyl halides is 3. The molecule has 178 valence electrons. The van der Waals surface area contributed by atoms with Crippen LogP contribution in [0.15, 0.2) is 36.4 Å². The Hall–Kier alpha value is -3.14. The van der Waals surface area contributed by atoms with E-state index in [-0.39, 0.29) is 24.7 Å². The summed E-state index contributed by atoms with van der Waals surface area (Å²) in [5.41, 5.74) is 0.628. The number of pyridine rings is 1. The van der Waals surface area contributed by atoms with Gasteiger partial charge in [0.1, 0.15) is 5.82 Å². The molecule has 1 aliphatic rings. The number of anilines is 3. The van der Waals surface area contributed by atoms with E-state index in [0.717, 1.165) is 50.2 Å². The van der Waals surface area contributed by atoms with Crippen molar-refractivity contribution in [1.82, 2.24) is 9.88 Å². The Labute approximate surface area is 191 Å². The molecular formula is C23H28F3N5O2. The van der Waals surface area contributed by atoms with Crippen LogP contribution in [0.25, 0.3) is 0 Å². The fourth-order valence-corrected chi connectivity index (χ4v) is 3.75. The molecule has 2 aromatic rings. The fraction of sp³-hybridized carbons (Fsp3) is 0.435. The predicted molar refractivity (Wildman–Crippen MR) is 121 cm³/mol. The number of rotatable bonds is 7. The third kappa shape index (κ3) is 7.18. The van der Waals surface area contributed by atoms with E-state index in [4.69, 9.17) is 0 Å². The van der Waals surface area contributed by atoms with Crippen LogP contribution in [-0.2, 0) is 15.8 Å². The molecule has 33 heavy (non-hydrogen) atoms. The summed E-state index contributed by atoms with van der Waals surface area (Å²) in [5.74, 6) is -0.443. The zero-order valence-electron chi connectivity index (χ0n) is 18.7. The monoisotopic (exact) mass is 463 g/mol. The van der Waals surface area contributed by atoms with Crippen molar-refractivity contribution in [2.45, 2.75) is 32.4 Å². The Morgan fingerprint density at radius 1 is 1.03 bits per heavy atom. The van der Waals surface area contributed by atoms with Gasteiger partial charge in [0.25, 0.3) is 0 Å². The molecular weight excluding hydrogens is 435 g/mol. The molecule has 0 saturated carbocycles. The van der Waals surface area contributed by atoms with Crippen molar-refractivity contribution in [1.29, 1.82) is 0 Å². The van der Waals surface area contributed by atoms with Gasteiger partial charge in [0.05, 0.1) is 30.0 Å². The number of aromatic nitrogens is 1. The average Bonchev–Trinajstić information content (AvgIpc) is 2.73. The Kier molecular flexibility index (Phi) is 7.91. The number of hydrogen-bond acceptors (Lipinski definition) is 5. The van der Waals surface area contributed by atoms with E-state index < -0.39 is 17.6 Å². The molecule has 0 bridgehead atoms. The highest BCUT2D eigenvalue weighted by atomic mass is 19.4. The van der Waals surface area contributed by atoms with Gasteiger partial charge >= 0.3 is 6.18 Å². The number of carbonyl (C=O) groups excluding carboxylic acids is 2. The van der Waals surface area contributed by atoms with E-state index in [1.165, 1.54) is 11.0 Å². The van der Waals surface area contributed by atoms with E-state index in [1.54, 1.807) is 32.2 Å². The van der Waals surface area contributed by atoms with E-state index in [1.807, 2.05) is 4.90 Å². The number of nitrogens with one attached hydrogen (secondary N) is 2. The third-order valence-corrected chi connectivity index (χ3v) is 5.28. The average molecular weight is 464 g/mol. The highest BCUT2D eigenvalue weighted by Crippen LogP contribution is 2.36. The topological polar surface area (TPSA) is 77.6 Å². The first kappa shape index (κ1) is 24.5. The quantitative estimate of drug-likeness (QED) is 0.651. The minimum atomic E-state index is -4.52. The number of benzene rings is 1. The minimum Gasteiger partial charge on any atom is -0.370 e. The lowest BCUT2D eigenvalue weighted by Gasteiger charge is -2.31. The number of likely N-dealkylation sites (N-methyl/N-ethyl adjacent to an activating group) is 1. The number of piperidine rings is 1. The predicted octanol–water partition coefficient (Wildman–Crippen LogP) is 3.91. The number of aryl methyl sites for hydroxylation is 1. The third-order valence-electron chi connectivity index (χ3n) is 5.28. The summed E-state index contributed by atoms with van der Waals surface area (Å²) in [6.07, 6.45) is -1.55. The van der Waals surface area contributed by atoms with Crippen LogP contribution >= 0.6 is 0 Å². The maximum atomic E-state index is 13.3. The lowest BCUT2D eigenvalue weighted by atomic mass is 10.1. The fourth-order valence-electron chi connectivity index (χ4n) is 3.75. The van der Waals surface area contributed by atoms with Crippen molar-refractivity contribution in [3.05, 3.63) is 47.7 Å². The Morgan fingerprint density at radius 3 is 2.33 bits per heavy atom. The summed E-state index contributed by atoms with van der Waals surface area (Å²) in [6.45, 7) is 3.01. The Bertz CT molecular complexity index is 990. The second-order valence-electron chi connectivity index (χ2n) is 8.21. The SMILES string of the molecule is Cc1cccc(NC(=O)CN(C)CC(=O)Nc2cc(C(F)(F)F)ccc2N2CCCCC2)n1. The molecule has 7 nitrogen and oxygen atoms in total. The molecule has 1 aromatic heterocycles. The summed E-state index contributed by atoms with van der Waals surface area (Å²) in [5, 5.41) is 5.27. The van der Waals surface area contributed by atoms with Gasteiger partial charge in [-0.25, -0.2) is 4.98 Å². The van der Waals surface area contributed by atoms with Gasteiger partial charge in [-0.1, -0.05) is 6.07 Å². The number of nitrogens with zero attached hydrogens (tertiary/aromatic N) is 3. The van der Waals surface area contributed by atoms with Gasteiger partial charge in [-0.05, 0) is 63.6 Å². The highest BCUT2D eigenvalue weighted by Gasteiger charge is 2.32. The summed E-state index contributed by atoms with van der Waals surface area (Å²) >= 11 is 0. The van der Waals surface area contributed by atoms with Gasteiger partial charge in [-0.15, -0.1) is 0 Å². The molecule has 0 unspecified atom stereocenters.